The lowest BCUT2D eigenvalue weighted by Gasteiger charge is -2.27. The lowest BCUT2D eigenvalue weighted by molar-refractivity contribution is 0.669. The van der Waals surface area contributed by atoms with E-state index in [0.717, 1.165) is 66.9 Å². The maximum atomic E-state index is 6.32. The summed E-state index contributed by atoms with van der Waals surface area (Å²) in [6.45, 7) is 0. The lowest BCUT2D eigenvalue weighted by Crippen LogP contribution is -2.10. The Kier molecular flexibility index (Phi) is 8.17. The van der Waals surface area contributed by atoms with Crippen molar-refractivity contribution in [2.45, 2.75) is 0 Å². The predicted octanol–water partition coefficient (Wildman–Crippen LogP) is 16.3. The Morgan fingerprint density at radius 1 is 0.311 bits per heavy atom. The molecule has 0 aliphatic rings. The molecule has 12 aromatic rings. The molecule has 2 heterocycles. The van der Waals surface area contributed by atoms with Gasteiger partial charge in [-0.15, -0.1) is 0 Å². The Morgan fingerprint density at radius 2 is 0.885 bits per heavy atom. The average molecular weight is 779 g/mol. The molecule has 10 aromatic carbocycles. The standard InChI is InChI=1S/C58H38N2O/c1-2-15-40(16-3-1)53-37-45(31-33-49(53)42-20-13-22-44(36-42)60-55-28-9-6-24-50(55)51-25-7-10-29-56(51)60)59(46-32-34-58-54(38-46)52-26-8-11-30-57(52)61-58)43-21-12-19-41(35-43)48-27-14-18-39-17-4-5-23-47(39)48/h1-38H. The number of para-hydroxylation sites is 3. The molecule has 2 aromatic heterocycles. The topological polar surface area (TPSA) is 21.3 Å². The third kappa shape index (κ3) is 5.90. The zero-order valence-corrected chi connectivity index (χ0v) is 33.2. The first-order valence-corrected chi connectivity index (χ1v) is 20.8. The highest BCUT2D eigenvalue weighted by Crippen LogP contribution is 2.44. The molecule has 12 rings (SSSR count). The SMILES string of the molecule is c1ccc(-c2cc(N(c3cccc(-c4cccc5ccccc45)c3)c3ccc4oc5ccccc5c4c3)ccc2-c2cccc(-n3c4ccccc4c4ccccc43)c2)cc1. The first-order valence-electron chi connectivity index (χ1n) is 20.8. The van der Waals surface area contributed by atoms with Crippen molar-refractivity contribution in [2.75, 3.05) is 4.90 Å². The van der Waals surface area contributed by atoms with Crippen LogP contribution in [0, 0.1) is 0 Å². The Labute approximate surface area is 353 Å². The fourth-order valence-electron chi connectivity index (χ4n) is 9.38. The summed E-state index contributed by atoms with van der Waals surface area (Å²) < 4.78 is 8.72. The summed E-state index contributed by atoms with van der Waals surface area (Å²) in [6, 6.07) is 83.1. The van der Waals surface area contributed by atoms with E-state index >= 15 is 0 Å². The van der Waals surface area contributed by atoms with Crippen molar-refractivity contribution in [2.24, 2.45) is 0 Å². The molecule has 0 aliphatic carbocycles. The molecule has 0 radical (unpaired) electrons. The van der Waals surface area contributed by atoms with Crippen molar-refractivity contribution < 1.29 is 4.42 Å². The van der Waals surface area contributed by atoms with Gasteiger partial charge in [0, 0.05) is 44.3 Å². The van der Waals surface area contributed by atoms with Gasteiger partial charge in [0.2, 0.25) is 0 Å². The summed E-state index contributed by atoms with van der Waals surface area (Å²) in [6.07, 6.45) is 0. The van der Waals surface area contributed by atoms with Crippen LogP contribution < -0.4 is 4.90 Å². The van der Waals surface area contributed by atoms with Crippen LogP contribution in [0.25, 0.3) is 93.6 Å². The van der Waals surface area contributed by atoms with Crippen molar-refractivity contribution in [1.29, 1.82) is 0 Å². The molecule has 3 heteroatoms. The smallest absolute Gasteiger partial charge is 0.135 e. The number of aromatic nitrogens is 1. The van der Waals surface area contributed by atoms with E-state index in [1.165, 1.54) is 43.7 Å². The Balaban J connectivity index is 1.06. The minimum absolute atomic E-state index is 0.873. The number of hydrogen-bond acceptors (Lipinski definition) is 2. The minimum atomic E-state index is 0.873. The molecule has 0 spiro atoms. The van der Waals surface area contributed by atoms with Gasteiger partial charge in [-0.1, -0.05) is 158 Å². The number of anilines is 3. The van der Waals surface area contributed by atoms with Crippen molar-refractivity contribution in [1.82, 2.24) is 4.57 Å². The number of furan rings is 1. The lowest BCUT2D eigenvalue weighted by atomic mass is 9.93. The van der Waals surface area contributed by atoms with Crippen LogP contribution in [0.1, 0.15) is 0 Å². The molecule has 286 valence electrons. The van der Waals surface area contributed by atoms with Crippen LogP contribution in [0.15, 0.2) is 235 Å². The van der Waals surface area contributed by atoms with E-state index in [-0.39, 0.29) is 0 Å². The molecule has 0 amide bonds. The zero-order valence-electron chi connectivity index (χ0n) is 33.2. The van der Waals surface area contributed by atoms with Gasteiger partial charge in [-0.3, -0.25) is 0 Å². The highest BCUT2D eigenvalue weighted by atomic mass is 16.3. The van der Waals surface area contributed by atoms with Gasteiger partial charge in [0.1, 0.15) is 11.2 Å². The van der Waals surface area contributed by atoms with Crippen LogP contribution in [0.3, 0.4) is 0 Å². The van der Waals surface area contributed by atoms with Crippen molar-refractivity contribution in [3.63, 3.8) is 0 Å². The summed E-state index contributed by atoms with van der Waals surface area (Å²) in [7, 11) is 0. The van der Waals surface area contributed by atoms with Gasteiger partial charge in [0.05, 0.1) is 11.0 Å². The predicted molar refractivity (Wildman–Crippen MR) is 257 cm³/mol. The molecule has 0 unspecified atom stereocenters. The molecule has 3 nitrogen and oxygen atoms in total. The van der Waals surface area contributed by atoms with Crippen molar-refractivity contribution in [3.05, 3.63) is 231 Å². The summed E-state index contributed by atoms with van der Waals surface area (Å²) >= 11 is 0. The monoisotopic (exact) mass is 778 g/mol. The van der Waals surface area contributed by atoms with Crippen LogP contribution in [-0.2, 0) is 0 Å². The van der Waals surface area contributed by atoms with E-state index in [0.29, 0.717) is 0 Å². The number of benzene rings is 10. The van der Waals surface area contributed by atoms with Gasteiger partial charge in [-0.05, 0) is 117 Å². The third-order valence-corrected chi connectivity index (χ3v) is 12.2. The van der Waals surface area contributed by atoms with Gasteiger partial charge < -0.3 is 13.9 Å². The van der Waals surface area contributed by atoms with E-state index in [2.05, 4.69) is 228 Å². The molecule has 0 atom stereocenters. The molecular formula is C58H38N2O. The van der Waals surface area contributed by atoms with Crippen LogP contribution in [-0.4, -0.2) is 4.57 Å². The summed E-state index contributed by atoms with van der Waals surface area (Å²) in [4.78, 5) is 2.39. The molecule has 0 aliphatic heterocycles. The normalized spacial score (nSPS) is 11.6. The fourth-order valence-corrected chi connectivity index (χ4v) is 9.38. The average Bonchev–Trinajstić information content (AvgIpc) is 3.87. The van der Waals surface area contributed by atoms with E-state index in [4.69, 9.17) is 4.42 Å². The highest BCUT2D eigenvalue weighted by Gasteiger charge is 2.20. The number of rotatable bonds is 7. The van der Waals surface area contributed by atoms with Crippen LogP contribution in [0.4, 0.5) is 17.1 Å². The first-order chi connectivity index (χ1) is 30.2. The van der Waals surface area contributed by atoms with Gasteiger partial charge in [0.25, 0.3) is 0 Å². The molecule has 0 N–H and O–H groups in total. The maximum absolute atomic E-state index is 6.32. The van der Waals surface area contributed by atoms with Crippen LogP contribution in [0.2, 0.25) is 0 Å². The Morgan fingerprint density at radius 3 is 1.70 bits per heavy atom. The largest absolute Gasteiger partial charge is 0.456 e. The summed E-state index contributed by atoms with van der Waals surface area (Å²) in [5.74, 6) is 0. The van der Waals surface area contributed by atoms with E-state index < -0.39 is 0 Å². The minimum Gasteiger partial charge on any atom is -0.456 e. The Bertz CT molecular complexity index is 3550. The molecule has 0 fully saturated rings. The van der Waals surface area contributed by atoms with Crippen LogP contribution in [0.5, 0.6) is 0 Å². The van der Waals surface area contributed by atoms with Gasteiger partial charge >= 0.3 is 0 Å². The van der Waals surface area contributed by atoms with Gasteiger partial charge in [0.15, 0.2) is 0 Å². The summed E-state index contributed by atoms with van der Waals surface area (Å²) in [5, 5.41) is 7.16. The Hall–Kier alpha value is -8.14. The summed E-state index contributed by atoms with van der Waals surface area (Å²) in [5.41, 5.74) is 15.5. The quantitative estimate of drug-likeness (QED) is 0.161. The molecule has 0 bridgehead atoms. The highest BCUT2D eigenvalue weighted by molar-refractivity contribution is 6.10. The molecule has 0 saturated heterocycles. The second-order valence-corrected chi connectivity index (χ2v) is 15.7. The van der Waals surface area contributed by atoms with E-state index in [1.807, 2.05) is 12.1 Å². The van der Waals surface area contributed by atoms with E-state index in [9.17, 15) is 0 Å². The second-order valence-electron chi connectivity index (χ2n) is 15.7. The number of hydrogen-bond donors (Lipinski definition) is 0. The fraction of sp³-hybridized carbons (Fsp3) is 0. The zero-order chi connectivity index (χ0) is 40.3. The van der Waals surface area contributed by atoms with E-state index in [1.54, 1.807) is 0 Å². The van der Waals surface area contributed by atoms with Crippen molar-refractivity contribution >= 4 is 71.6 Å². The van der Waals surface area contributed by atoms with Gasteiger partial charge in [-0.25, -0.2) is 0 Å². The second kappa shape index (κ2) is 14.3. The molecule has 0 saturated carbocycles. The molecular weight excluding hydrogens is 741 g/mol. The van der Waals surface area contributed by atoms with Crippen molar-refractivity contribution in [3.8, 4) is 39.1 Å². The third-order valence-electron chi connectivity index (χ3n) is 12.2. The van der Waals surface area contributed by atoms with Crippen LogP contribution >= 0.6 is 0 Å². The van der Waals surface area contributed by atoms with Gasteiger partial charge in [-0.2, -0.15) is 0 Å². The number of nitrogens with zero attached hydrogens (tertiary/aromatic N) is 2. The first kappa shape index (κ1) is 34.9. The molecule has 61 heavy (non-hydrogen) atoms. The maximum Gasteiger partial charge on any atom is 0.135 e. The number of fused-ring (bicyclic) bond motifs is 7.